The largest absolute Gasteiger partial charge is 0.444 e. The minimum Gasteiger partial charge on any atom is -0.444 e. The first-order valence-corrected chi connectivity index (χ1v) is 29.0. The predicted molar refractivity (Wildman–Crippen MR) is 320 cm³/mol. The zero-order valence-corrected chi connectivity index (χ0v) is 48.7. The maximum absolute atomic E-state index is 12.1. The summed E-state index contributed by atoms with van der Waals surface area (Å²) in [5.41, 5.74) is 19.2. The Morgan fingerprint density at radius 2 is 0.880 bits per heavy atom. The molecule has 3 atom stereocenters. The highest BCUT2D eigenvalue weighted by atomic mass is 35.5. The number of amides is 2. The molecule has 11 nitrogen and oxygen atoms in total. The smallest absolute Gasteiger partial charge is 0.413 e. The molecular formula is C59H73Cl2N7O4S3. The normalized spacial score (nSPS) is 20.5. The molecule has 0 bridgehead atoms. The Kier molecular flexibility index (Phi) is 20.7. The van der Waals surface area contributed by atoms with Gasteiger partial charge in [-0.2, -0.15) is 0 Å². The highest BCUT2D eigenvalue weighted by molar-refractivity contribution is 8.14. The number of nitrogens with one attached hydrogen (secondary N) is 2. The molecule has 6 N–H and O–H groups in total. The van der Waals surface area contributed by atoms with Crippen LogP contribution >= 0.6 is 58.5 Å². The molecule has 3 aliphatic heterocycles. The van der Waals surface area contributed by atoms with Gasteiger partial charge in [-0.05, 0) is 183 Å². The molecule has 8 rings (SSSR count). The van der Waals surface area contributed by atoms with Crippen LogP contribution in [0.5, 0.6) is 0 Å². The van der Waals surface area contributed by atoms with Gasteiger partial charge < -0.3 is 20.9 Å². The van der Waals surface area contributed by atoms with Gasteiger partial charge in [-0.15, -0.1) is 0 Å². The van der Waals surface area contributed by atoms with Gasteiger partial charge in [-0.3, -0.25) is 25.6 Å². The predicted octanol–water partition coefficient (Wildman–Crippen LogP) is 14.7. The van der Waals surface area contributed by atoms with Crippen LogP contribution < -0.4 is 22.1 Å². The Hall–Kier alpha value is -5.12. The van der Waals surface area contributed by atoms with Crippen molar-refractivity contribution in [3.8, 4) is 0 Å². The summed E-state index contributed by atoms with van der Waals surface area (Å²) in [5, 5.41) is 8.99. The molecule has 0 aromatic heterocycles. The van der Waals surface area contributed by atoms with Crippen LogP contribution in [-0.4, -0.2) is 56.2 Å². The molecule has 0 saturated carbocycles. The summed E-state index contributed by atoms with van der Waals surface area (Å²) in [4.78, 5) is 38.3. The number of benzene rings is 5. The first-order chi connectivity index (χ1) is 35.4. The number of ether oxygens (including phenoxy) is 2. The van der Waals surface area contributed by atoms with E-state index in [0.29, 0.717) is 21.2 Å². The van der Waals surface area contributed by atoms with Gasteiger partial charge in [0.1, 0.15) is 11.2 Å². The van der Waals surface area contributed by atoms with Gasteiger partial charge in [0.25, 0.3) is 0 Å². The van der Waals surface area contributed by atoms with Crippen LogP contribution in [0.1, 0.15) is 121 Å². The van der Waals surface area contributed by atoms with E-state index in [1.165, 1.54) is 45.1 Å². The third-order valence-electron chi connectivity index (χ3n) is 12.6. The number of anilines is 1. The summed E-state index contributed by atoms with van der Waals surface area (Å²) in [6.07, 6.45) is 5.83. The van der Waals surface area contributed by atoms with Crippen LogP contribution in [0.25, 0.3) is 0 Å². The maximum atomic E-state index is 12.1. The van der Waals surface area contributed by atoms with Crippen molar-refractivity contribution in [2.75, 3.05) is 23.0 Å². The fourth-order valence-electron chi connectivity index (χ4n) is 8.42. The number of hydrogen-bond acceptors (Lipinski definition) is 12. The van der Waals surface area contributed by atoms with Crippen LogP contribution in [0.3, 0.4) is 0 Å². The lowest BCUT2D eigenvalue weighted by atomic mass is 9.88. The second-order valence-corrected chi connectivity index (χ2v) is 25.6. The molecule has 75 heavy (non-hydrogen) atoms. The highest BCUT2D eigenvalue weighted by Crippen LogP contribution is 2.38. The minimum absolute atomic E-state index is 0.189. The van der Waals surface area contributed by atoms with Gasteiger partial charge in [-0.25, -0.2) is 9.59 Å². The monoisotopic (exact) mass is 1110 g/mol. The van der Waals surface area contributed by atoms with Crippen molar-refractivity contribution in [3.63, 3.8) is 0 Å². The zero-order valence-electron chi connectivity index (χ0n) is 44.7. The Bertz CT molecular complexity index is 2830. The lowest BCUT2D eigenvalue weighted by Gasteiger charge is -2.31. The summed E-state index contributed by atoms with van der Waals surface area (Å²) in [7, 11) is 0. The summed E-state index contributed by atoms with van der Waals surface area (Å²) >= 11 is 16.6. The third-order valence-corrected chi connectivity index (χ3v) is 15.7. The first kappa shape index (κ1) is 59.1. The van der Waals surface area contributed by atoms with Crippen LogP contribution in [0.2, 0.25) is 10.0 Å². The van der Waals surface area contributed by atoms with Crippen molar-refractivity contribution in [2.45, 2.75) is 135 Å². The standard InChI is InChI=1S/C24H29ClN2O2S.C19H21ClN2S.C16H23N3O2S/c1-23(2,3)29-22(28)26-21-27-24(4,14-15-30-21)19-7-5-6-18(16-19)9-8-17-10-12-20(25)13-11-17;1-19(11-12-23-18(21)22-19)16-4-2-3-15(13-16)6-5-14-7-9-17(20)10-8-14;1-15(2,3)21-14(20)18-13-19-16(4,8-9-22-13)11-6-5-7-12(17)10-11/h5-7,10-13,16H,8-9,14-15H2,1-4H3,(H,26,27,28);2-4,7-10,13H,5-6,11-12H2,1H3,(H2,21,22);5-7,10H,8-9,17H2,1-4H3,(H,18,19,20). The van der Waals surface area contributed by atoms with Gasteiger partial charge in [0.05, 0.1) is 16.6 Å². The van der Waals surface area contributed by atoms with Crippen molar-refractivity contribution in [1.82, 2.24) is 10.6 Å². The molecule has 0 spiro atoms. The molecule has 0 radical (unpaired) electrons. The zero-order chi connectivity index (χ0) is 54.4. The molecule has 0 aliphatic carbocycles. The molecule has 5 aromatic carbocycles. The summed E-state index contributed by atoms with van der Waals surface area (Å²) < 4.78 is 10.6. The average Bonchev–Trinajstić information content (AvgIpc) is 3.33. The number of carbonyl (C=O) groups is 2. The summed E-state index contributed by atoms with van der Waals surface area (Å²) in [6, 6.07) is 41.2. The number of nitrogen functional groups attached to an aromatic ring is 1. The number of nitrogens with zero attached hydrogens (tertiary/aromatic N) is 3. The van der Waals surface area contributed by atoms with Gasteiger partial charge in [0.2, 0.25) is 0 Å². The van der Waals surface area contributed by atoms with Crippen LogP contribution in [-0.2, 0) is 51.8 Å². The van der Waals surface area contributed by atoms with E-state index in [1.54, 1.807) is 23.5 Å². The van der Waals surface area contributed by atoms with Crippen molar-refractivity contribution in [2.24, 2.45) is 20.7 Å². The van der Waals surface area contributed by atoms with E-state index in [4.69, 9.17) is 59.1 Å². The number of rotatable bonds is 9. The number of amidine groups is 3. The van der Waals surface area contributed by atoms with E-state index < -0.39 is 23.4 Å². The van der Waals surface area contributed by atoms with Gasteiger partial charge in [0.15, 0.2) is 15.5 Å². The van der Waals surface area contributed by atoms with Gasteiger partial charge >= 0.3 is 12.2 Å². The van der Waals surface area contributed by atoms with Crippen molar-refractivity contribution in [3.05, 3.63) is 170 Å². The van der Waals surface area contributed by atoms with Crippen molar-refractivity contribution in [1.29, 1.82) is 0 Å². The second kappa shape index (κ2) is 26.3. The van der Waals surface area contributed by atoms with Gasteiger partial charge in [0, 0.05) is 33.0 Å². The van der Waals surface area contributed by atoms with Gasteiger partial charge in [-0.1, -0.05) is 143 Å². The quantitative estimate of drug-likeness (QED) is 0.105. The van der Waals surface area contributed by atoms with E-state index in [1.807, 2.05) is 90.1 Å². The number of alkyl carbamates (subject to hydrolysis) is 2. The molecule has 5 aromatic rings. The number of halogens is 2. The molecule has 2 amide bonds. The molecule has 0 saturated heterocycles. The van der Waals surface area contributed by atoms with E-state index in [-0.39, 0.29) is 16.6 Å². The van der Waals surface area contributed by atoms with E-state index in [9.17, 15) is 9.59 Å². The number of carbonyl (C=O) groups excluding carboxylic acids is 2. The molecule has 16 heteroatoms. The lowest BCUT2D eigenvalue weighted by molar-refractivity contribution is 0.0552. The molecular weight excluding hydrogens is 1040 g/mol. The van der Waals surface area contributed by atoms with Crippen LogP contribution in [0.15, 0.2) is 136 Å². The fraction of sp³-hybridized carbons (Fsp3) is 0.407. The Morgan fingerprint density at radius 1 is 0.520 bits per heavy atom. The molecule has 400 valence electrons. The maximum Gasteiger partial charge on any atom is 0.413 e. The number of aryl methyl sites for hydroxylation is 4. The lowest BCUT2D eigenvalue weighted by Crippen LogP contribution is -2.38. The fourth-order valence-corrected chi connectivity index (χ4v) is 11.9. The van der Waals surface area contributed by atoms with Crippen molar-refractivity contribution < 1.29 is 19.1 Å². The van der Waals surface area contributed by atoms with Crippen LogP contribution in [0, 0.1) is 0 Å². The topological polar surface area (TPSA) is 166 Å². The third kappa shape index (κ3) is 19.1. The highest BCUT2D eigenvalue weighted by Gasteiger charge is 2.33. The van der Waals surface area contributed by atoms with Crippen molar-refractivity contribution >= 4 is 91.9 Å². The summed E-state index contributed by atoms with van der Waals surface area (Å²) in [5.74, 6) is 2.79. The molecule has 0 fully saturated rings. The Labute approximate surface area is 467 Å². The SMILES string of the molecule is CC(C)(C)OC(=O)NC1=NC(C)(c2cccc(CCc3ccc(Cl)cc3)c2)CCS1.CC(C)(C)OC(=O)NC1=NC(C)(c2cccc(N)c2)CCS1.CC1(c2cccc(CCc3ccc(Cl)cc3)c2)CCSC(N)=N1. The second-order valence-electron chi connectivity index (χ2n) is 21.4. The van der Waals surface area contributed by atoms with E-state index in [2.05, 4.69) is 104 Å². The summed E-state index contributed by atoms with van der Waals surface area (Å²) in [6.45, 7) is 17.4. The number of nitrogens with two attached hydrogens (primary N) is 2. The number of hydrogen-bond donors (Lipinski definition) is 4. The van der Waals surface area contributed by atoms with E-state index >= 15 is 0 Å². The Balaban J connectivity index is 0.000000186. The number of aliphatic imine (C=N–C) groups is 3. The first-order valence-electron chi connectivity index (χ1n) is 25.3. The average molecular weight is 1110 g/mol. The Morgan fingerprint density at radius 3 is 1.27 bits per heavy atom. The van der Waals surface area contributed by atoms with Crippen LogP contribution in [0.4, 0.5) is 15.3 Å². The molecule has 3 heterocycles. The minimum atomic E-state index is -0.536. The van der Waals surface area contributed by atoms with E-state index in [0.717, 1.165) is 77.8 Å². The number of thioether (sulfide) groups is 3. The molecule has 3 aliphatic rings. The molecule has 3 unspecified atom stereocenters.